The van der Waals surface area contributed by atoms with E-state index in [4.69, 9.17) is 4.74 Å². The maximum atomic E-state index is 12.2. The van der Waals surface area contributed by atoms with Crippen molar-refractivity contribution in [3.05, 3.63) is 24.3 Å². The number of likely N-dealkylation sites (N-methyl/N-ethyl adjacent to an activating group) is 1. The highest BCUT2D eigenvalue weighted by Crippen LogP contribution is 2.34. The molecular formula is C14H21N3O4S. The highest BCUT2D eigenvalue weighted by Gasteiger charge is 2.34. The monoisotopic (exact) mass is 327 g/mol. The number of carbonyl (C=O) groups is 1. The van der Waals surface area contributed by atoms with Crippen molar-refractivity contribution in [1.29, 1.82) is 0 Å². The number of hydrogen-bond acceptors (Lipinski definition) is 5. The van der Waals surface area contributed by atoms with Crippen molar-refractivity contribution in [2.45, 2.75) is 6.10 Å². The molecule has 0 spiro atoms. The minimum Gasteiger partial charge on any atom is -0.476 e. The van der Waals surface area contributed by atoms with Crippen molar-refractivity contribution in [3.8, 4) is 5.75 Å². The van der Waals surface area contributed by atoms with Gasteiger partial charge in [0, 0.05) is 13.1 Å². The van der Waals surface area contributed by atoms with Crippen molar-refractivity contribution < 1.29 is 17.9 Å². The summed E-state index contributed by atoms with van der Waals surface area (Å²) in [6.07, 6.45) is 0.266. The van der Waals surface area contributed by atoms with Gasteiger partial charge in [-0.2, -0.15) is 0 Å². The lowest BCUT2D eigenvalue weighted by molar-refractivity contribution is -0.127. The molecule has 1 aliphatic heterocycles. The number of anilines is 1. The molecule has 2 rings (SSSR count). The minimum absolute atomic E-state index is 0.0242. The molecule has 0 bridgehead atoms. The van der Waals surface area contributed by atoms with Gasteiger partial charge in [-0.05, 0) is 26.2 Å². The summed E-state index contributed by atoms with van der Waals surface area (Å²) in [5.41, 5.74) is 0.461. The largest absolute Gasteiger partial charge is 0.476 e. The number of nitrogens with one attached hydrogen (secondary N) is 1. The fourth-order valence-electron chi connectivity index (χ4n) is 2.17. The molecule has 122 valence electrons. The fraction of sp³-hybridized carbons (Fsp3) is 0.500. The number of amides is 1. The van der Waals surface area contributed by atoms with E-state index in [1.807, 2.05) is 19.0 Å². The van der Waals surface area contributed by atoms with Gasteiger partial charge in [0.05, 0.1) is 18.5 Å². The van der Waals surface area contributed by atoms with Gasteiger partial charge < -0.3 is 15.0 Å². The predicted molar refractivity (Wildman–Crippen MR) is 84.6 cm³/mol. The molecule has 1 aliphatic rings. The van der Waals surface area contributed by atoms with Crippen LogP contribution in [0.4, 0.5) is 5.69 Å². The Bertz CT molecular complexity index is 645. The molecule has 1 aromatic rings. The van der Waals surface area contributed by atoms with Gasteiger partial charge in [-0.15, -0.1) is 0 Å². The lowest BCUT2D eigenvalue weighted by atomic mass is 10.2. The number of sulfonamides is 1. The molecule has 0 aliphatic carbocycles. The Morgan fingerprint density at radius 2 is 2.09 bits per heavy atom. The summed E-state index contributed by atoms with van der Waals surface area (Å²) in [4.78, 5) is 14.1. The van der Waals surface area contributed by atoms with E-state index in [-0.39, 0.29) is 12.5 Å². The number of rotatable bonds is 5. The first-order chi connectivity index (χ1) is 10.3. The molecule has 1 N–H and O–H groups in total. The van der Waals surface area contributed by atoms with E-state index in [0.29, 0.717) is 24.5 Å². The number of benzene rings is 1. The van der Waals surface area contributed by atoms with Crippen molar-refractivity contribution in [3.63, 3.8) is 0 Å². The normalized spacial score (nSPS) is 17.8. The van der Waals surface area contributed by atoms with Crippen LogP contribution in [0, 0.1) is 0 Å². The van der Waals surface area contributed by atoms with Gasteiger partial charge in [-0.1, -0.05) is 12.1 Å². The van der Waals surface area contributed by atoms with E-state index in [0.717, 1.165) is 6.26 Å². The molecule has 1 atom stereocenters. The lowest BCUT2D eigenvalue weighted by Gasteiger charge is -2.33. The van der Waals surface area contributed by atoms with Crippen LogP contribution in [0.15, 0.2) is 24.3 Å². The average molecular weight is 327 g/mol. The Morgan fingerprint density at radius 3 is 2.73 bits per heavy atom. The highest BCUT2D eigenvalue weighted by atomic mass is 32.2. The van der Waals surface area contributed by atoms with Crippen LogP contribution in [0.3, 0.4) is 0 Å². The number of para-hydroxylation sites is 2. The third-order valence-corrected chi connectivity index (χ3v) is 4.43. The Labute approximate surface area is 130 Å². The molecule has 0 radical (unpaired) electrons. The van der Waals surface area contributed by atoms with Crippen molar-refractivity contribution in [1.82, 2.24) is 10.2 Å². The average Bonchev–Trinajstić information content (AvgIpc) is 2.44. The van der Waals surface area contributed by atoms with E-state index in [9.17, 15) is 13.2 Å². The molecule has 7 nitrogen and oxygen atoms in total. The second-order valence-corrected chi connectivity index (χ2v) is 7.37. The van der Waals surface area contributed by atoms with E-state index in [2.05, 4.69) is 5.32 Å². The van der Waals surface area contributed by atoms with Gasteiger partial charge in [-0.25, -0.2) is 8.42 Å². The molecule has 1 amide bonds. The predicted octanol–water partition coefficient (Wildman–Crippen LogP) is -0.109. The van der Waals surface area contributed by atoms with Crippen molar-refractivity contribution in [2.75, 3.05) is 44.3 Å². The molecule has 22 heavy (non-hydrogen) atoms. The van der Waals surface area contributed by atoms with Crippen molar-refractivity contribution >= 4 is 21.6 Å². The van der Waals surface area contributed by atoms with E-state index >= 15 is 0 Å². The second-order valence-electron chi connectivity index (χ2n) is 5.46. The Hall–Kier alpha value is -1.80. The quantitative estimate of drug-likeness (QED) is 0.816. The number of hydrogen-bond donors (Lipinski definition) is 1. The van der Waals surface area contributed by atoms with Crippen LogP contribution in [-0.2, 0) is 14.8 Å². The fourth-order valence-corrected chi connectivity index (χ4v) is 3.08. The number of nitrogens with zero attached hydrogens (tertiary/aromatic N) is 2. The first kappa shape index (κ1) is 16.6. The summed E-state index contributed by atoms with van der Waals surface area (Å²) in [5, 5.41) is 2.76. The number of ether oxygens (including phenoxy) is 1. The Morgan fingerprint density at radius 1 is 1.41 bits per heavy atom. The van der Waals surface area contributed by atoms with Gasteiger partial charge >= 0.3 is 0 Å². The first-order valence-electron chi connectivity index (χ1n) is 6.95. The summed E-state index contributed by atoms with van der Waals surface area (Å²) in [7, 11) is 0.341. The minimum atomic E-state index is -3.47. The topological polar surface area (TPSA) is 79.0 Å². The van der Waals surface area contributed by atoms with Gasteiger partial charge in [0.15, 0.2) is 6.10 Å². The molecule has 0 aromatic heterocycles. The zero-order valence-corrected chi connectivity index (χ0v) is 13.8. The summed E-state index contributed by atoms with van der Waals surface area (Å²) < 4.78 is 30.8. The van der Waals surface area contributed by atoms with Gasteiger partial charge in [0.2, 0.25) is 10.0 Å². The summed E-state index contributed by atoms with van der Waals surface area (Å²) in [6.45, 7) is 1.15. The molecule has 1 heterocycles. The van der Waals surface area contributed by atoms with E-state index in [1.54, 1.807) is 24.3 Å². The van der Waals surface area contributed by atoms with Crippen LogP contribution in [0.25, 0.3) is 0 Å². The molecule has 0 fully saturated rings. The maximum Gasteiger partial charge on any atom is 0.263 e. The van der Waals surface area contributed by atoms with Crippen LogP contribution in [0.2, 0.25) is 0 Å². The van der Waals surface area contributed by atoms with Gasteiger partial charge in [0.25, 0.3) is 5.91 Å². The van der Waals surface area contributed by atoms with Crippen LogP contribution in [0.1, 0.15) is 0 Å². The van der Waals surface area contributed by atoms with E-state index in [1.165, 1.54) is 4.31 Å². The number of fused-ring (bicyclic) bond motifs is 1. The summed E-state index contributed by atoms with van der Waals surface area (Å²) in [6, 6.07) is 6.80. The summed E-state index contributed by atoms with van der Waals surface area (Å²) in [5.74, 6) is 0.0805. The Balaban J connectivity index is 2.15. The second kappa shape index (κ2) is 6.53. The molecular weight excluding hydrogens is 306 g/mol. The summed E-state index contributed by atoms with van der Waals surface area (Å²) >= 11 is 0. The highest BCUT2D eigenvalue weighted by molar-refractivity contribution is 7.92. The van der Waals surface area contributed by atoms with E-state index < -0.39 is 16.1 Å². The van der Waals surface area contributed by atoms with Crippen LogP contribution >= 0.6 is 0 Å². The zero-order valence-electron chi connectivity index (χ0n) is 12.9. The zero-order chi connectivity index (χ0) is 16.3. The maximum absolute atomic E-state index is 12.2. The van der Waals surface area contributed by atoms with Gasteiger partial charge in [-0.3, -0.25) is 9.10 Å². The number of carbonyl (C=O) groups excluding carboxylic acids is 1. The first-order valence-corrected chi connectivity index (χ1v) is 8.79. The molecule has 0 saturated carbocycles. The smallest absolute Gasteiger partial charge is 0.263 e. The third-order valence-electron chi connectivity index (χ3n) is 3.29. The third kappa shape index (κ3) is 3.89. The SMILES string of the molecule is CN(C)CCNC(=O)[C@H]1CN(S(C)(=O)=O)c2ccccc2O1. The molecule has 0 unspecified atom stereocenters. The van der Waals surface area contributed by atoms with Crippen LogP contribution in [-0.4, -0.2) is 65.3 Å². The standard InChI is InChI=1S/C14H21N3O4S/c1-16(2)9-8-15-14(18)13-10-17(22(3,19)20)11-6-4-5-7-12(11)21-13/h4-7,13H,8-10H2,1-3H3,(H,15,18)/t13-/m1/s1. The molecule has 0 saturated heterocycles. The van der Waals surface area contributed by atoms with Crippen LogP contribution < -0.4 is 14.4 Å². The van der Waals surface area contributed by atoms with Crippen molar-refractivity contribution in [2.24, 2.45) is 0 Å². The molecule has 8 heteroatoms. The Kier molecular flexibility index (Phi) is 4.92. The lowest BCUT2D eigenvalue weighted by Crippen LogP contribution is -2.51. The van der Waals surface area contributed by atoms with Gasteiger partial charge in [0.1, 0.15) is 5.75 Å². The van der Waals surface area contributed by atoms with Crippen LogP contribution in [0.5, 0.6) is 5.75 Å². The molecule has 1 aromatic carbocycles.